The highest BCUT2D eigenvalue weighted by Crippen LogP contribution is 2.30. The van der Waals surface area contributed by atoms with E-state index >= 15 is 0 Å². The van der Waals surface area contributed by atoms with E-state index in [0.29, 0.717) is 29.5 Å². The summed E-state index contributed by atoms with van der Waals surface area (Å²) in [7, 11) is -1.96. The number of carbonyl (C=O) groups excluding carboxylic acids is 1. The fraction of sp³-hybridized carbons (Fsp3) is 0.409. The first-order chi connectivity index (χ1) is 14.2. The van der Waals surface area contributed by atoms with Crippen LogP contribution in [0.4, 0.5) is 5.69 Å². The molecule has 1 aliphatic rings. The maximum absolute atomic E-state index is 13.1. The van der Waals surface area contributed by atoms with Crippen LogP contribution in [0.2, 0.25) is 0 Å². The number of carbonyl (C=O) groups is 1. The van der Waals surface area contributed by atoms with Crippen molar-refractivity contribution in [3.8, 4) is 5.75 Å². The molecule has 1 aliphatic heterocycles. The van der Waals surface area contributed by atoms with Crippen molar-refractivity contribution in [3.05, 3.63) is 51.6 Å². The van der Waals surface area contributed by atoms with Crippen molar-refractivity contribution in [1.29, 1.82) is 0 Å². The van der Waals surface area contributed by atoms with E-state index in [1.165, 1.54) is 0 Å². The molecule has 30 heavy (non-hydrogen) atoms. The van der Waals surface area contributed by atoms with Gasteiger partial charge in [-0.2, -0.15) is 4.31 Å². The smallest absolute Gasteiger partial charge is 0.255 e. The predicted molar refractivity (Wildman–Crippen MR) is 126 cm³/mol. The van der Waals surface area contributed by atoms with E-state index in [4.69, 9.17) is 4.74 Å². The molecule has 1 saturated heterocycles. The molecule has 0 aromatic heterocycles. The molecule has 1 amide bonds. The molecular formula is C22H27IN2O4S. The van der Waals surface area contributed by atoms with Crippen molar-refractivity contribution in [2.75, 3.05) is 19.0 Å². The molecule has 2 aromatic carbocycles. The number of halogens is 1. The molecule has 0 aliphatic carbocycles. The number of nitrogens with one attached hydrogen (secondary N) is 1. The third-order valence-electron chi connectivity index (χ3n) is 5.20. The molecule has 0 saturated carbocycles. The van der Waals surface area contributed by atoms with Gasteiger partial charge in [-0.1, -0.05) is 13.8 Å². The minimum absolute atomic E-state index is 0.0620. The first kappa shape index (κ1) is 23.0. The zero-order valence-electron chi connectivity index (χ0n) is 17.4. The average Bonchev–Trinajstić information content (AvgIpc) is 3.16. The minimum atomic E-state index is -3.54. The summed E-state index contributed by atoms with van der Waals surface area (Å²) < 4.78 is 33.9. The van der Waals surface area contributed by atoms with Crippen molar-refractivity contribution in [3.63, 3.8) is 0 Å². The van der Waals surface area contributed by atoms with E-state index in [-0.39, 0.29) is 16.8 Å². The van der Waals surface area contributed by atoms with Crippen molar-refractivity contribution in [2.45, 2.75) is 44.0 Å². The lowest BCUT2D eigenvalue weighted by atomic mass is 10.0. The number of rotatable bonds is 7. The summed E-state index contributed by atoms with van der Waals surface area (Å²) >= 11 is 2.11. The van der Waals surface area contributed by atoms with Gasteiger partial charge >= 0.3 is 0 Å². The summed E-state index contributed by atoms with van der Waals surface area (Å²) in [6.07, 6.45) is 2.67. The summed E-state index contributed by atoms with van der Waals surface area (Å²) in [5, 5.41) is 2.81. The first-order valence-electron chi connectivity index (χ1n) is 9.99. The van der Waals surface area contributed by atoms with Gasteiger partial charge in [0, 0.05) is 23.8 Å². The third-order valence-corrected chi connectivity index (χ3v) is 8.01. The highest BCUT2D eigenvalue weighted by molar-refractivity contribution is 14.1. The van der Waals surface area contributed by atoms with Gasteiger partial charge in [0.25, 0.3) is 5.91 Å². The zero-order chi connectivity index (χ0) is 21.9. The van der Waals surface area contributed by atoms with Gasteiger partial charge in [0.05, 0.1) is 15.6 Å². The van der Waals surface area contributed by atoms with Crippen molar-refractivity contribution in [1.82, 2.24) is 4.31 Å². The Morgan fingerprint density at radius 3 is 2.53 bits per heavy atom. The quantitative estimate of drug-likeness (QED) is 0.513. The summed E-state index contributed by atoms with van der Waals surface area (Å²) in [6, 6.07) is 11.6. The number of anilines is 1. The van der Waals surface area contributed by atoms with E-state index in [0.717, 1.165) is 22.8 Å². The van der Waals surface area contributed by atoms with Gasteiger partial charge in [0.1, 0.15) is 5.75 Å². The molecule has 3 rings (SSSR count). The number of methoxy groups -OCH3 is 1. The maximum atomic E-state index is 13.1. The van der Waals surface area contributed by atoms with Gasteiger partial charge in [-0.3, -0.25) is 4.79 Å². The van der Waals surface area contributed by atoms with Crippen molar-refractivity contribution >= 4 is 44.2 Å². The van der Waals surface area contributed by atoms with Gasteiger partial charge in [-0.05, 0) is 90.2 Å². The van der Waals surface area contributed by atoms with Crippen LogP contribution in [0, 0.1) is 9.49 Å². The number of hydrogen-bond donors (Lipinski definition) is 1. The van der Waals surface area contributed by atoms with Crippen LogP contribution in [-0.4, -0.2) is 38.3 Å². The fourth-order valence-corrected chi connectivity index (χ4v) is 6.20. The lowest BCUT2D eigenvalue weighted by Crippen LogP contribution is -2.36. The minimum Gasteiger partial charge on any atom is -0.496 e. The second-order valence-corrected chi connectivity index (χ2v) is 10.9. The normalized spacial score (nSPS) is 17.3. The fourth-order valence-electron chi connectivity index (χ4n) is 3.76. The molecule has 162 valence electrons. The van der Waals surface area contributed by atoms with Crippen LogP contribution in [-0.2, 0) is 10.0 Å². The molecule has 0 bridgehead atoms. The van der Waals surface area contributed by atoms with Gasteiger partial charge in [0.15, 0.2) is 0 Å². The largest absolute Gasteiger partial charge is 0.496 e. The van der Waals surface area contributed by atoms with Crippen molar-refractivity contribution in [2.24, 2.45) is 5.92 Å². The predicted octanol–water partition coefficient (Wildman–Crippen LogP) is 4.75. The van der Waals surface area contributed by atoms with Crippen LogP contribution in [0.5, 0.6) is 5.75 Å². The maximum Gasteiger partial charge on any atom is 0.255 e. The van der Waals surface area contributed by atoms with E-state index in [1.54, 1.807) is 53.9 Å². The Morgan fingerprint density at radius 2 is 1.93 bits per heavy atom. The topological polar surface area (TPSA) is 75.7 Å². The number of amides is 1. The van der Waals surface area contributed by atoms with Crippen LogP contribution >= 0.6 is 22.6 Å². The Morgan fingerprint density at radius 1 is 1.23 bits per heavy atom. The molecule has 1 unspecified atom stereocenters. The first-order valence-corrected chi connectivity index (χ1v) is 12.5. The highest BCUT2D eigenvalue weighted by atomic mass is 127. The number of nitrogens with zero attached hydrogens (tertiary/aromatic N) is 1. The summed E-state index contributed by atoms with van der Waals surface area (Å²) in [6.45, 7) is 4.79. The molecule has 6 nitrogen and oxygen atoms in total. The van der Waals surface area contributed by atoms with Crippen LogP contribution < -0.4 is 10.1 Å². The number of sulfonamides is 1. The van der Waals surface area contributed by atoms with Gasteiger partial charge in [-0.25, -0.2) is 8.42 Å². The lowest BCUT2D eigenvalue weighted by Gasteiger charge is -2.25. The van der Waals surface area contributed by atoms with E-state index in [1.807, 2.05) is 0 Å². The summed E-state index contributed by atoms with van der Waals surface area (Å²) in [4.78, 5) is 12.8. The second kappa shape index (κ2) is 9.65. The second-order valence-electron chi connectivity index (χ2n) is 7.87. The average molecular weight is 542 g/mol. The van der Waals surface area contributed by atoms with Gasteiger partial charge in [-0.15, -0.1) is 0 Å². The van der Waals surface area contributed by atoms with E-state index in [2.05, 4.69) is 41.8 Å². The van der Waals surface area contributed by atoms with E-state index < -0.39 is 10.0 Å². The van der Waals surface area contributed by atoms with Crippen LogP contribution in [0.3, 0.4) is 0 Å². The lowest BCUT2D eigenvalue weighted by molar-refractivity contribution is 0.102. The molecule has 0 spiro atoms. The number of benzene rings is 2. The van der Waals surface area contributed by atoms with Gasteiger partial charge < -0.3 is 10.1 Å². The Kier molecular flexibility index (Phi) is 7.41. The highest BCUT2D eigenvalue weighted by Gasteiger charge is 2.35. The van der Waals surface area contributed by atoms with Crippen LogP contribution in [0.1, 0.15) is 43.5 Å². The Hall–Kier alpha value is -1.65. The summed E-state index contributed by atoms with van der Waals surface area (Å²) in [5.41, 5.74) is 1.05. The Bertz CT molecular complexity index is 1010. The molecule has 1 heterocycles. The number of hydrogen-bond acceptors (Lipinski definition) is 4. The Balaban J connectivity index is 1.73. The molecule has 0 radical (unpaired) electrons. The molecule has 1 fully saturated rings. The van der Waals surface area contributed by atoms with Crippen LogP contribution in [0.15, 0.2) is 47.4 Å². The Labute approximate surface area is 192 Å². The molecule has 1 N–H and O–H groups in total. The standard InChI is InChI=1S/C22H27IN2O4S/c1-15(2)13-18-5-4-12-25(18)30(27,28)19-9-7-17(8-10-19)24-22(26)16-6-11-21(29-3)20(23)14-16/h6-11,14-15,18H,4-5,12-13H2,1-3H3,(H,24,26). The monoisotopic (exact) mass is 542 g/mol. The zero-order valence-corrected chi connectivity index (χ0v) is 20.4. The SMILES string of the molecule is COc1ccc(C(=O)Nc2ccc(S(=O)(=O)N3CCCC3CC(C)C)cc2)cc1I. The van der Waals surface area contributed by atoms with Crippen LogP contribution in [0.25, 0.3) is 0 Å². The third kappa shape index (κ3) is 5.15. The molecule has 2 aromatic rings. The molecule has 1 atom stereocenters. The number of ether oxygens (including phenoxy) is 1. The summed E-state index contributed by atoms with van der Waals surface area (Å²) in [5.74, 6) is 0.895. The van der Waals surface area contributed by atoms with Gasteiger partial charge in [0.2, 0.25) is 10.0 Å². The van der Waals surface area contributed by atoms with E-state index in [9.17, 15) is 13.2 Å². The molecule has 8 heteroatoms. The molecular weight excluding hydrogens is 515 g/mol. The van der Waals surface area contributed by atoms with Crippen molar-refractivity contribution < 1.29 is 17.9 Å².